The van der Waals surface area contributed by atoms with E-state index < -0.39 is 0 Å². The lowest BCUT2D eigenvalue weighted by atomic mass is 9.82. The molecule has 0 aliphatic heterocycles. The van der Waals surface area contributed by atoms with Crippen molar-refractivity contribution in [3.05, 3.63) is 0 Å². The second-order valence-corrected chi connectivity index (χ2v) is 5.44. The molecule has 92 valence electrons. The number of carbonyl (C=O) groups excluding carboxylic acids is 1. The van der Waals surface area contributed by atoms with Crippen LogP contribution in [0, 0.1) is 11.8 Å². The molecule has 2 aliphatic carbocycles. The van der Waals surface area contributed by atoms with Gasteiger partial charge in [-0.05, 0) is 37.6 Å². The van der Waals surface area contributed by atoms with Gasteiger partial charge in [0.2, 0.25) is 5.91 Å². The van der Waals surface area contributed by atoms with Gasteiger partial charge in [-0.3, -0.25) is 4.79 Å². The molecule has 0 spiro atoms. The van der Waals surface area contributed by atoms with E-state index in [0.717, 1.165) is 25.2 Å². The zero-order chi connectivity index (χ0) is 11.4. The van der Waals surface area contributed by atoms with Crippen LogP contribution in [-0.4, -0.2) is 18.5 Å². The molecular formula is C13H24N2O. The van der Waals surface area contributed by atoms with Crippen LogP contribution in [0.2, 0.25) is 0 Å². The molecule has 3 heteroatoms. The van der Waals surface area contributed by atoms with Crippen molar-refractivity contribution in [2.24, 2.45) is 17.6 Å². The smallest absolute Gasteiger partial charge is 0.220 e. The summed E-state index contributed by atoms with van der Waals surface area (Å²) in [7, 11) is 0. The highest BCUT2D eigenvalue weighted by molar-refractivity contribution is 5.76. The van der Waals surface area contributed by atoms with Gasteiger partial charge in [-0.2, -0.15) is 0 Å². The van der Waals surface area contributed by atoms with Crippen LogP contribution >= 0.6 is 0 Å². The Morgan fingerprint density at radius 2 is 1.94 bits per heavy atom. The molecule has 0 aromatic rings. The normalized spacial score (nSPS) is 30.1. The first-order chi connectivity index (χ1) is 7.79. The van der Waals surface area contributed by atoms with Crippen LogP contribution in [0.15, 0.2) is 0 Å². The van der Waals surface area contributed by atoms with Crippen LogP contribution < -0.4 is 11.1 Å². The van der Waals surface area contributed by atoms with E-state index >= 15 is 0 Å². The Hall–Kier alpha value is -0.570. The molecule has 0 aromatic carbocycles. The fourth-order valence-corrected chi connectivity index (χ4v) is 2.90. The van der Waals surface area contributed by atoms with Gasteiger partial charge in [-0.1, -0.05) is 25.7 Å². The molecule has 3 N–H and O–H groups in total. The largest absolute Gasteiger partial charge is 0.353 e. The minimum Gasteiger partial charge on any atom is -0.353 e. The fraction of sp³-hybridized carbons (Fsp3) is 0.923. The van der Waals surface area contributed by atoms with Crippen molar-refractivity contribution < 1.29 is 4.79 Å². The molecule has 2 fully saturated rings. The number of hydrogen-bond acceptors (Lipinski definition) is 2. The van der Waals surface area contributed by atoms with Crippen molar-refractivity contribution in [1.29, 1.82) is 0 Å². The van der Waals surface area contributed by atoms with Crippen molar-refractivity contribution in [2.75, 3.05) is 6.54 Å². The third kappa shape index (κ3) is 2.97. The molecule has 2 unspecified atom stereocenters. The second kappa shape index (κ2) is 5.67. The minimum atomic E-state index is 0.247. The van der Waals surface area contributed by atoms with E-state index in [1.165, 1.54) is 32.1 Å². The monoisotopic (exact) mass is 224 g/mol. The van der Waals surface area contributed by atoms with Crippen molar-refractivity contribution in [3.63, 3.8) is 0 Å². The van der Waals surface area contributed by atoms with Gasteiger partial charge in [-0.15, -0.1) is 0 Å². The van der Waals surface area contributed by atoms with Crippen LogP contribution in [0.3, 0.4) is 0 Å². The number of nitrogens with one attached hydrogen (secondary N) is 1. The molecule has 2 saturated carbocycles. The van der Waals surface area contributed by atoms with E-state index in [1.807, 2.05) is 0 Å². The lowest BCUT2D eigenvalue weighted by Crippen LogP contribution is -2.40. The van der Waals surface area contributed by atoms with Crippen molar-refractivity contribution in [2.45, 2.75) is 57.4 Å². The molecule has 16 heavy (non-hydrogen) atoms. The van der Waals surface area contributed by atoms with E-state index in [4.69, 9.17) is 5.73 Å². The standard InChI is InChI=1S/C13H24N2O/c14-9-11-5-2-6-12(11)15-13(16)8-7-10-3-1-4-10/h10-12H,1-9,14H2,(H,15,16). The van der Waals surface area contributed by atoms with Crippen LogP contribution in [0.5, 0.6) is 0 Å². The summed E-state index contributed by atoms with van der Waals surface area (Å²) >= 11 is 0. The summed E-state index contributed by atoms with van der Waals surface area (Å²) in [6, 6.07) is 0.360. The summed E-state index contributed by atoms with van der Waals surface area (Å²) in [5.41, 5.74) is 5.70. The Labute approximate surface area is 98.2 Å². The van der Waals surface area contributed by atoms with Gasteiger partial charge in [-0.25, -0.2) is 0 Å². The molecule has 2 rings (SSSR count). The highest BCUT2D eigenvalue weighted by atomic mass is 16.1. The average molecular weight is 224 g/mol. The summed E-state index contributed by atoms with van der Waals surface area (Å²) < 4.78 is 0. The maximum atomic E-state index is 11.8. The lowest BCUT2D eigenvalue weighted by Gasteiger charge is -2.25. The molecule has 1 amide bonds. The molecule has 0 heterocycles. The Kier molecular flexibility index (Phi) is 4.22. The third-order valence-corrected chi connectivity index (χ3v) is 4.31. The van der Waals surface area contributed by atoms with E-state index in [9.17, 15) is 4.79 Å². The highest BCUT2D eigenvalue weighted by Crippen LogP contribution is 2.30. The number of hydrogen-bond donors (Lipinski definition) is 2. The summed E-state index contributed by atoms with van der Waals surface area (Å²) in [6.07, 6.45) is 9.37. The topological polar surface area (TPSA) is 55.1 Å². The van der Waals surface area contributed by atoms with E-state index in [2.05, 4.69) is 5.32 Å². The van der Waals surface area contributed by atoms with Gasteiger partial charge >= 0.3 is 0 Å². The molecule has 0 saturated heterocycles. The first kappa shape index (κ1) is 11.9. The molecule has 0 bridgehead atoms. The SMILES string of the molecule is NCC1CCCC1NC(=O)CCC1CCC1. The number of rotatable bonds is 5. The third-order valence-electron chi connectivity index (χ3n) is 4.31. The predicted molar refractivity (Wildman–Crippen MR) is 64.9 cm³/mol. The first-order valence-electron chi connectivity index (χ1n) is 6.79. The van der Waals surface area contributed by atoms with Gasteiger partial charge in [0, 0.05) is 12.5 Å². The lowest BCUT2D eigenvalue weighted by molar-refractivity contribution is -0.122. The molecule has 0 aromatic heterocycles. The number of carbonyl (C=O) groups is 1. The Morgan fingerprint density at radius 1 is 1.19 bits per heavy atom. The molecule has 2 atom stereocenters. The number of amides is 1. The molecule has 3 nitrogen and oxygen atoms in total. The predicted octanol–water partition coefficient (Wildman–Crippen LogP) is 1.81. The second-order valence-electron chi connectivity index (χ2n) is 5.44. The first-order valence-corrected chi connectivity index (χ1v) is 6.79. The molecular weight excluding hydrogens is 200 g/mol. The highest BCUT2D eigenvalue weighted by Gasteiger charge is 2.27. The number of nitrogens with two attached hydrogens (primary N) is 1. The van der Waals surface area contributed by atoms with E-state index in [1.54, 1.807) is 0 Å². The maximum absolute atomic E-state index is 11.8. The van der Waals surface area contributed by atoms with Gasteiger partial charge in [0.05, 0.1) is 0 Å². The van der Waals surface area contributed by atoms with Crippen molar-refractivity contribution >= 4 is 5.91 Å². The Balaban J connectivity index is 1.65. The van der Waals surface area contributed by atoms with Crippen molar-refractivity contribution in [1.82, 2.24) is 5.32 Å². The summed E-state index contributed by atoms with van der Waals surface area (Å²) in [6.45, 7) is 0.716. The van der Waals surface area contributed by atoms with Gasteiger partial charge in [0.15, 0.2) is 0 Å². The van der Waals surface area contributed by atoms with Crippen LogP contribution in [-0.2, 0) is 4.79 Å². The van der Waals surface area contributed by atoms with Gasteiger partial charge < -0.3 is 11.1 Å². The zero-order valence-corrected chi connectivity index (χ0v) is 10.1. The Bertz CT molecular complexity index is 238. The summed E-state index contributed by atoms with van der Waals surface area (Å²) in [5.74, 6) is 1.60. The van der Waals surface area contributed by atoms with Gasteiger partial charge in [0.1, 0.15) is 0 Å². The van der Waals surface area contributed by atoms with Crippen LogP contribution in [0.25, 0.3) is 0 Å². The fourth-order valence-electron chi connectivity index (χ4n) is 2.90. The molecule has 0 radical (unpaired) electrons. The summed E-state index contributed by atoms with van der Waals surface area (Å²) in [5, 5.41) is 3.16. The van der Waals surface area contributed by atoms with Crippen LogP contribution in [0.1, 0.15) is 51.4 Å². The van der Waals surface area contributed by atoms with E-state index in [0.29, 0.717) is 18.5 Å². The minimum absolute atomic E-state index is 0.247. The van der Waals surface area contributed by atoms with Gasteiger partial charge in [0.25, 0.3) is 0 Å². The Morgan fingerprint density at radius 3 is 2.56 bits per heavy atom. The zero-order valence-electron chi connectivity index (χ0n) is 10.1. The maximum Gasteiger partial charge on any atom is 0.220 e. The summed E-state index contributed by atoms with van der Waals surface area (Å²) in [4.78, 5) is 11.8. The molecule has 2 aliphatic rings. The van der Waals surface area contributed by atoms with Crippen molar-refractivity contribution in [3.8, 4) is 0 Å². The van der Waals surface area contributed by atoms with E-state index in [-0.39, 0.29) is 5.91 Å². The quantitative estimate of drug-likeness (QED) is 0.748. The van der Waals surface area contributed by atoms with Crippen LogP contribution in [0.4, 0.5) is 0 Å². The average Bonchev–Trinajstić information content (AvgIpc) is 2.62.